The van der Waals surface area contributed by atoms with Crippen LogP contribution in [0.1, 0.15) is 18.4 Å². The number of methoxy groups -OCH3 is 4. The molecule has 7 nitrogen and oxygen atoms in total. The molecular formula is C22H29N2O5+. The van der Waals surface area contributed by atoms with Crippen LogP contribution in [-0.2, 0) is 11.3 Å². The van der Waals surface area contributed by atoms with Crippen molar-refractivity contribution in [2.45, 2.75) is 25.4 Å². The Morgan fingerprint density at radius 1 is 0.931 bits per heavy atom. The molecule has 0 aromatic heterocycles. The predicted molar refractivity (Wildman–Crippen MR) is 110 cm³/mol. The number of amides is 1. The first-order valence-electron chi connectivity index (χ1n) is 9.68. The maximum absolute atomic E-state index is 12.9. The van der Waals surface area contributed by atoms with Crippen LogP contribution in [0.3, 0.4) is 0 Å². The van der Waals surface area contributed by atoms with E-state index in [1.165, 1.54) is 4.90 Å². The standard InChI is InChI=1S/C22H28N2O5/c1-26-18-9-7-15(12-20(18)28-3)14-24-11-5-6-17(24)22(25)23-16-8-10-19(27-2)21(13-16)29-4/h7-10,12-13,17H,5-6,11,14H2,1-4H3,(H,23,25)/p+1/t17-/m1/s1. The summed E-state index contributed by atoms with van der Waals surface area (Å²) in [5.41, 5.74) is 1.81. The summed E-state index contributed by atoms with van der Waals surface area (Å²) in [4.78, 5) is 14.2. The molecule has 1 unspecified atom stereocenters. The van der Waals surface area contributed by atoms with E-state index in [1.54, 1.807) is 40.6 Å². The highest BCUT2D eigenvalue weighted by Gasteiger charge is 2.35. The number of quaternary nitrogens is 1. The van der Waals surface area contributed by atoms with Gasteiger partial charge in [-0.3, -0.25) is 4.79 Å². The fourth-order valence-corrected chi connectivity index (χ4v) is 3.84. The van der Waals surface area contributed by atoms with Crippen molar-refractivity contribution in [2.24, 2.45) is 0 Å². The number of likely N-dealkylation sites (tertiary alicyclic amines) is 1. The minimum absolute atomic E-state index is 0.0187. The van der Waals surface area contributed by atoms with Gasteiger partial charge in [0.25, 0.3) is 5.91 Å². The summed E-state index contributed by atoms with van der Waals surface area (Å²) in [6.07, 6.45) is 1.88. The van der Waals surface area contributed by atoms with Crippen molar-refractivity contribution in [3.8, 4) is 23.0 Å². The molecular weight excluding hydrogens is 372 g/mol. The second kappa shape index (κ2) is 9.52. The van der Waals surface area contributed by atoms with Crippen LogP contribution in [0.4, 0.5) is 5.69 Å². The average molecular weight is 401 g/mol. The van der Waals surface area contributed by atoms with E-state index < -0.39 is 0 Å². The molecule has 2 aromatic carbocycles. The number of hydrogen-bond acceptors (Lipinski definition) is 5. The summed E-state index contributed by atoms with van der Waals surface area (Å²) in [6.45, 7) is 1.71. The monoisotopic (exact) mass is 401 g/mol. The van der Waals surface area contributed by atoms with E-state index in [9.17, 15) is 4.79 Å². The quantitative estimate of drug-likeness (QED) is 0.707. The maximum Gasteiger partial charge on any atom is 0.282 e. The van der Waals surface area contributed by atoms with Crippen LogP contribution in [-0.4, -0.2) is 46.9 Å². The largest absolute Gasteiger partial charge is 0.493 e. The highest BCUT2D eigenvalue weighted by atomic mass is 16.5. The van der Waals surface area contributed by atoms with Crippen LogP contribution in [0.5, 0.6) is 23.0 Å². The molecule has 2 atom stereocenters. The van der Waals surface area contributed by atoms with Crippen molar-refractivity contribution in [3.63, 3.8) is 0 Å². The van der Waals surface area contributed by atoms with Crippen LogP contribution in [0.15, 0.2) is 36.4 Å². The van der Waals surface area contributed by atoms with Crippen molar-refractivity contribution in [2.75, 3.05) is 40.3 Å². The molecule has 1 saturated heterocycles. The lowest BCUT2D eigenvalue weighted by Gasteiger charge is -2.21. The van der Waals surface area contributed by atoms with Crippen molar-refractivity contribution < 1.29 is 28.6 Å². The highest BCUT2D eigenvalue weighted by molar-refractivity contribution is 5.94. The van der Waals surface area contributed by atoms with Crippen molar-refractivity contribution >= 4 is 11.6 Å². The molecule has 2 aromatic rings. The maximum atomic E-state index is 12.9. The Morgan fingerprint density at radius 3 is 2.21 bits per heavy atom. The minimum Gasteiger partial charge on any atom is -0.493 e. The molecule has 0 bridgehead atoms. The third-order valence-corrected chi connectivity index (χ3v) is 5.33. The molecule has 0 radical (unpaired) electrons. The SMILES string of the molecule is COc1ccc(C[NH+]2CCC[C@@H]2C(=O)Nc2ccc(OC)c(OC)c2)cc1OC. The molecule has 1 aliphatic heterocycles. The normalized spacial score (nSPS) is 18.2. The zero-order valence-electron chi connectivity index (χ0n) is 17.4. The summed E-state index contributed by atoms with van der Waals surface area (Å²) in [7, 11) is 6.42. The number of carbonyl (C=O) groups is 1. The summed E-state index contributed by atoms with van der Waals surface area (Å²) < 4.78 is 21.3. The zero-order chi connectivity index (χ0) is 20.8. The fourth-order valence-electron chi connectivity index (χ4n) is 3.84. The number of benzene rings is 2. The van der Waals surface area contributed by atoms with E-state index >= 15 is 0 Å². The first-order chi connectivity index (χ1) is 14.1. The average Bonchev–Trinajstić information content (AvgIpc) is 3.21. The van der Waals surface area contributed by atoms with E-state index in [2.05, 4.69) is 5.32 Å². The van der Waals surface area contributed by atoms with Gasteiger partial charge in [-0.05, 0) is 30.3 Å². The molecule has 1 heterocycles. The Bertz CT molecular complexity index is 855. The van der Waals surface area contributed by atoms with Crippen LogP contribution >= 0.6 is 0 Å². The molecule has 1 fully saturated rings. The minimum atomic E-state index is -0.101. The van der Waals surface area contributed by atoms with Gasteiger partial charge in [0.15, 0.2) is 29.0 Å². The molecule has 2 N–H and O–H groups in total. The highest BCUT2D eigenvalue weighted by Crippen LogP contribution is 2.30. The van der Waals surface area contributed by atoms with Gasteiger partial charge in [0.2, 0.25) is 0 Å². The summed E-state index contributed by atoms with van der Waals surface area (Å²) in [5, 5.41) is 3.03. The van der Waals surface area contributed by atoms with Gasteiger partial charge >= 0.3 is 0 Å². The number of rotatable bonds is 8. The van der Waals surface area contributed by atoms with Gasteiger partial charge in [-0.15, -0.1) is 0 Å². The zero-order valence-corrected chi connectivity index (χ0v) is 17.4. The van der Waals surface area contributed by atoms with E-state index in [-0.39, 0.29) is 11.9 Å². The van der Waals surface area contributed by atoms with E-state index in [0.717, 1.165) is 31.5 Å². The first kappa shape index (κ1) is 20.8. The Kier molecular flexibility index (Phi) is 6.82. The van der Waals surface area contributed by atoms with Crippen LogP contribution in [0.2, 0.25) is 0 Å². The van der Waals surface area contributed by atoms with Gasteiger partial charge in [0.1, 0.15) is 6.54 Å². The molecule has 1 aliphatic rings. The lowest BCUT2D eigenvalue weighted by molar-refractivity contribution is -0.916. The summed E-state index contributed by atoms with van der Waals surface area (Å²) >= 11 is 0. The number of hydrogen-bond donors (Lipinski definition) is 2. The molecule has 3 rings (SSSR count). The van der Waals surface area contributed by atoms with Crippen molar-refractivity contribution in [3.05, 3.63) is 42.0 Å². The Hall–Kier alpha value is -2.93. The third-order valence-electron chi connectivity index (χ3n) is 5.33. The Morgan fingerprint density at radius 2 is 1.55 bits per heavy atom. The van der Waals surface area contributed by atoms with Crippen LogP contribution in [0, 0.1) is 0 Å². The van der Waals surface area contributed by atoms with Gasteiger partial charge in [-0.25, -0.2) is 0 Å². The molecule has 1 amide bonds. The van der Waals surface area contributed by atoms with Gasteiger partial charge in [0, 0.05) is 30.2 Å². The summed E-state index contributed by atoms with van der Waals surface area (Å²) in [5.74, 6) is 2.65. The molecule has 0 saturated carbocycles. The first-order valence-corrected chi connectivity index (χ1v) is 9.68. The molecule has 0 aliphatic carbocycles. The van der Waals surface area contributed by atoms with E-state index in [4.69, 9.17) is 18.9 Å². The number of nitrogens with one attached hydrogen (secondary N) is 2. The van der Waals surface area contributed by atoms with Gasteiger partial charge < -0.3 is 29.2 Å². The van der Waals surface area contributed by atoms with Gasteiger partial charge in [-0.2, -0.15) is 0 Å². The topological polar surface area (TPSA) is 70.5 Å². The van der Waals surface area contributed by atoms with Crippen molar-refractivity contribution in [1.82, 2.24) is 0 Å². The number of ether oxygens (including phenoxy) is 4. The van der Waals surface area contributed by atoms with Crippen LogP contribution < -0.4 is 29.2 Å². The molecule has 156 valence electrons. The van der Waals surface area contributed by atoms with Gasteiger partial charge in [0.05, 0.1) is 35.0 Å². The second-order valence-electron chi connectivity index (χ2n) is 7.03. The van der Waals surface area contributed by atoms with Crippen molar-refractivity contribution in [1.29, 1.82) is 0 Å². The van der Waals surface area contributed by atoms with E-state index in [1.807, 2.05) is 24.3 Å². The third kappa shape index (κ3) is 4.74. The second-order valence-corrected chi connectivity index (χ2v) is 7.03. The molecule has 0 spiro atoms. The fraction of sp³-hybridized carbons (Fsp3) is 0.409. The molecule has 7 heteroatoms. The van der Waals surface area contributed by atoms with E-state index in [0.29, 0.717) is 28.7 Å². The van der Waals surface area contributed by atoms with Crippen LogP contribution in [0.25, 0.3) is 0 Å². The summed E-state index contributed by atoms with van der Waals surface area (Å²) in [6, 6.07) is 11.2. The Balaban J connectivity index is 1.69. The smallest absolute Gasteiger partial charge is 0.282 e. The molecule has 29 heavy (non-hydrogen) atoms. The lowest BCUT2D eigenvalue weighted by Crippen LogP contribution is -3.13. The predicted octanol–water partition coefficient (Wildman–Crippen LogP) is 1.91. The number of carbonyl (C=O) groups excluding carboxylic acids is 1. The number of anilines is 1. The lowest BCUT2D eigenvalue weighted by atomic mass is 10.1. The van der Waals surface area contributed by atoms with Gasteiger partial charge in [-0.1, -0.05) is 0 Å². The Labute approximate surface area is 171 Å².